The van der Waals surface area contributed by atoms with Gasteiger partial charge in [-0.2, -0.15) is 0 Å². The van der Waals surface area contributed by atoms with Gasteiger partial charge >= 0.3 is 5.97 Å². The summed E-state index contributed by atoms with van der Waals surface area (Å²) in [7, 11) is 1.28. The zero-order valence-corrected chi connectivity index (χ0v) is 16.7. The summed E-state index contributed by atoms with van der Waals surface area (Å²) in [4.78, 5) is 25.1. The van der Waals surface area contributed by atoms with Gasteiger partial charge in [-0.3, -0.25) is 9.59 Å². The minimum atomic E-state index is -0.661. The summed E-state index contributed by atoms with van der Waals surface area (Å²) in [5.74, 6) is -1.54. The highest BCUT2D eigenvalue weighted by Crippen LogP contribution is 2.42. The predicted octanol–water partition coefficient (Wildman–Crippen LogP) is 4.57. The fourth-order valence-corrected chi connectivity index (χ4v) is 3.72. The van der Waals surface area contributed by atoms with E-state index in [4.69, 9.17) is 9.15 Å². The van der Waals surface area contributed by atoms with Crippen molar-refractivity contribution in [3.8, 4) is 22.8 Å². The number of phenols is 2. The minimum absolute atomic E-state index is 0.0293. The summed E-state index contributed by atoms with van der Waals surface area (Å²) in [5.41, 5.74) is 1.20. The smallest absolute Gasteiger partial charge is 0.306 e. The van der Waals surface area contributed by atoms with Gasteiger partial charge in [0.15, 0.2) is 5.43 Å². The van der Waals surface area contributed by atoms with Crippen LogP contribution in [0.15, 0.2) is 82.0 Å². The Balaban J connectivity index is 2.04. The maximum absolute atomic E-state index is 12.9. The molecule has 1 aromatic heterocycles. The van der Waals surface area contributed by atoms with Crippen molar-refractivity contribution in [3.05, 3.63) is 94.1 Å². The van der Waals surface area contributed by atoms with E-state index in [1.165, 1.54) is 13.2 Å². The highest BCUT2D eigenvalue weighted by Gasteiger charge is 2.28. The Morgan fingerprint density at radius 3 is 2.26 bits per heavy atom. The zero-order chi connectivity index (χ0) is 22.0. The summed E-state index contributed by atoms with van der Waals surface area (Å²) >= 11 is 0. The monoisotopic (exact) mass is 416 g/mol. The highest BCUT2D eigenvalue weighted by molar-refractivity contribution is 5.90. The molecular formula is C25H20O6. The van der Waals surface area contributed by atoms with E-state index >= 15 is 0 Å². The van der Waals surface area contributed by atoms with Gasteiger partial charge in [0.2, 0.25) is 0 Å². The molecule has 4 aromatic rings. The predicted molar refractivity (Wildman–Crippen MR) is 116 cm³/mol. The molecule has 6 heteroatoms. The fourth-order valence-electron chi connectivity index (χ4n) is 3.72. The average Bonchev–Trinajstić information content (AvgIpc) is 2.78. The molecule has 1 atom stereocenters. The van der Waals surface area contributed by atoms with Gasteiger partial charge in [0.1, 0.15) is 28.2 Å². The lowest BCUT2D eigenvalue weighted by molar-refractivity contribution is -0.140. The van der Waals surface area contributed by atoms with E-state index in [0.717, 1.165) is 11.6 Å². The Morgan fingerprint density at radius 2 is 1.61 bits per heavy atom. The minimum Gasteiger partial charge on any atom is -0.507 e. The second-order valence-corrected chi connectivity index (χ2v) is 7.12. The van der Waals surface area contributed by atoms with E-state index in [1.54, 1.807) is 12.1 Å². The van der Waals surface area contributed by atoms with Crippen LogP contribution in [0.25, 0.3) is 22.3 Å². The molecule has 0 aliphatic rings. The normalized spacial score (nSPS) is 11.9. The number of ether oxygens (including phenoxy) is 1. The molecule has 31 heavy (non-hydrogen) atoms. The van der Waals surface area contributed by atoms with Crippen LogP contribution in [-0.2, 0) is 9.53 Å². The molecule has 0 spiro atoms. The summed E-state index contributed by atoms with van der Waals surface area (Å²) in [6, 6.07) is 20.5. The molecule has 0 fully saturated rings. The number of carbonyl (C=O) groups is 1. The van der Waals surface area contributed by atoms with Crippen molar-refractivity contribution in [2.24, 2.45) is 0 Å². The SMILES string of the molecule is COC(=O)C[C@@H](c1ccccc1)c1c(O)cc(O)c2c(=O)cc(-c3ccccc3)oc12. The van der Waals surface area contributed by atoms with Gasteiger partial charge in [-0.25, -0.2) is 0 Å². The topological polar surface area (TPSA) is 97.0 Å². The molecule has 6 nitrogen and oxygen atoms in total. The van der Waals surface area contributed by atoms with Crippen molar-refractivity contribution in [1.82, 2.24) is 0 Å². The number of esters is 1. The molecular weight excluding hydrogens is 396 g/mol. The second kappa shape index (κ2) is 8.36. The van der Waals surface area contributed by atoms with Gasteiger partial charge in [-0.05, 0) is 5.56 Å². The van der Waals surface area contributed by atoms with Crippen LogP contribution in [0, 0.1) is 0 Å². The Hall–Kier alpha value is -4.06. The van der Waals surface area contributed by atoms with Crippen LogP contribution < -0.4 is 5.43 Å². The lowest BCUT2D eigenvalue weighted by Gasteiger charge is -2.20. The maximum atomic E-state index is 12.9. The van der Waals surface area contributed by atoms with Crippen molar-refractivity contribution in [1.29, 1.82) is 0 Å². The third-order valence-electron chi connectivity index (χ3n) is 5.20. The van der Waals surface area contributed by atoms with Crippen LogP contribution in [-0.4, -0.2) is 23.3 Å². The molecule has 0 bridgehead atoms. The van der Waals surface area contributed by atoms with Gasteiger partial charge in [0, 0.05) is 29.2 Å². The Labute approximate surface area is 178 Å². The third-order valence-corrected chi connectivity index (χ3v) is 5.20. The van der Waals surface area contributed by atoms with Crippen molar-refractivity contribution in [3.63, 3.8) is 0 Å². The third kappa shape index (κ3) is 3.88. The van der Waals surface area contributed by atoms with E-state index in [0.29, 0.717) is 5.56 Å². The molecule has 0 amide bonds. The summed E-state index contributed by atoms with van der Waals surface area (Å²) < 4.78 is 10.9. The quantitative estimate of drug-likeness (QED) is 0.463. The first-order valence-electron chi connectivity index (χ1n) is 9.69. The molecule has 0 saturated heterocycles. The van der Waals surface area contributed by atoms with Gasteiger partial charge in [0.25, 0.3) is 0 Å². The van der Waals surface area contributed by atoms with E-state index in [9.17, 15) is 19.8 Å². The average molecular weight is 416 g/mol. The summed E-state index contributed by atoms with van der Waals surface area (Å²) in [5, 5.41) is 21.1. The van der Waals surface area contributed by atoms with Gasteiger partial charge < -0.3 is 19.4 Å². The van der Waals surface area contributed by atoms with Crippen LogP contribution >= 0.6 is 0 Å². The highest BCUT2D eigenvalue weighted by atomic mass is 16.5. The fraction of sp³-hybridized carbons (Fsp3) is 0.120. The first kappa shape index (κ1) is 20.2. The summed E-state index contributed by atoms with van der Waals surface area (Å²) in [6.45, 7) is 0. The zero-order valence-electron chi connectivity index (χ0n) is 16.7. The molecule has 0 aliphatic carbocycles. The van der Waals surface area contributed by atoms with Crippen LogP contribution in [0.4, 0.5) is 0 Å². The first-order chi connectivity index (χ1) is 15.0. The molecule has 2 N–H and O–H groups in total. The lowest BCUT2D eigenvalue weighted by atomic mass is 9.86. The van der Waals surface area contributed by atoms with Gasteiger partial charge in [0.05, 0.1) is 13.5 Å². The van der Waals surface area contributed by atoms with Crippen LogP contribution in [0.5, 0.6) is 11.5 Å². The molecule has 0 radical (unpaired) electrons. The molecule has 1 heterocycles. The molecule has 0 saturated carbocycles. The number of hydrogen-bond acceptors (Lipinski definition) is 6. The van der Waals surface area contributed by atoms with E-state index in [1.807, 2.05) is 48.5 Å². The Morgan fingerprint density at radius 1 is 0.968 bits per heavy atom. The van der Waals surface area contributed by atoms with E-state index in [2.05, 4.69) is 0 Å². The largest absolute Gasteiger partial charge is 0.507 e. The van der Waals surface area contributed by atoms with Gasteiger partial charge in [-0.1, -0.05) is 60.7 Å². The molecule has 3 aromatic carbocycles. The van der Waals surface area contributed by atoms with Crippen molar-refractivity contribution in [2.75, 3.05) is 7.11 Å². The van der Waals surface area contributed by atoms with Crippen LogP contribution in [0.1, 0.15) is 23.5 Å². The number of methoxy groups -OCH3 is 1. The first-order valence-corrected chi connectivity index (χ1v) is 9.69. The van der Waals surface area contributed by atoms with E-state index < -0.39 is 23.1 Å². The molecule has 156 valence electrons. The van der Waals surface area contributed by atoms with Gasteiger partial charge in [-0.15, -0.1) is 0 Å². The van der Waals surface area contributed by atoms with Crippen LogP contribution in [0.2, 0.25) is 0 Å². The van der Waals surface area contributed by atoms with Crippen molar-refractivity contribution >= 4 is 16.9 Å². The number of fused-ring (bicyclic) bond motifs is 1. The summed E-state index contributed by atoms with van der Waals surface area (Å²) in [6.07, 6.45) is -0.0901. The standard InChI is InChI=1S/C25H20O6/c1-30-22(29)12-17(15-8-4-2-5-9-15)23-18(26)13-19(27)24-20(28)14-21(31-25(23)24)16-10-6-3-7-11-16/h2-11,13-14,17,26-27H,12H2,1H3/t17-/m0/s1. The Bertz CT molecular complexity index is 1290. The van der Waals surface area contributed by atoms with Crippen molar-refractivity contribution in [2.45, 2.75) is 12.3 Å². The maximum Gasteiger partial charge on any atom is 0.306 e. The van der Waals surface area contributed by atoms with Crippen LogP contribution in [0.3, 0.4) is 0 Å². The lowest BCUT2D eigenvalue weighted by Crippen LogP contribution is -2.12. The number of benzene rings is 3. The molecule has 0 unspecified atom stereocenters. The number of phenolic OH excluding ortho intramolecular Hbond substituents is 2. The van der Waals surface area contributed by atoms with Crippen molar-refractivity contribution < 1.29 is 24.2 Å². The Kier molecular flexibility index (Phi) is 5.45. The number of rotatable bonds is 5. The second-order valence-electron chi connectivity index (χ2n) is 7.12. The number of hydrogen-bond donors (Lipinski definition) is 2. The number of aromatic hydroxyl groups is 2. The molecule has 4 rings (SSSR count). The van der Waals surface area contributed by atoms with E-state index in [-0.39, 0.29) is 34.5 Å². The molecule has 0 aliphatic heterocycles. The number of carbonyl (C=O) groups excluding carboxylic acids is 1.